The van der Waals surface area contributed by atoms with Crippen LogP contribution in [0.15, 0.2) is 24.8 Å². The van der Waals surface area contributed by atoms with E-state index in [1.807, 2.05) is 18.2 Å². The fraction of sp³-hybridized carbons (Fsp3) is 0.385. The van der Waals surface area contributed by atoms with Crippen LogP contribution in [0.1, 0.15) is 12.0 Å². The molecular weight excluding hydrogens is 204 g/mol. The van der Waals surface area contributed by atoms with Crippen LogP contribution in [0, 0.1) is 0 Å². The fourth-order valence-corrected chi connectivity index (χ4v) is 1.55. The molecule has 0 aliphatic rings. The number of allylic oxidation sites excluding steroid dienone is 1. The lowest BCUT2D eigenvalue weighted by Crippen LogP contribution is -1.97. The molecular formula is C13H18O3. The zero-order valence-corrected chi connectivity index (χ0v) is 10.1. The molecule has 0 unspecified atom stereocenters. The summed E-state index contributed by atoms with van der Waals surface area (Å²) in [5.74, 6) is 2.23. The second-order valence-corrected chi connectivity index (χ2v) is 3.35. The zero-order valence-electron chi connectivity index (χ0n) is 10.1. The topological polar surface area (TPSA) is 27.7 Å². The number of ether oxygens (including phenoxy) is 3. The summed E-state index contributed by atoms with van der Waals surface area (Å²) in [6, 6.07) is 3.79. The predicted molar refractivity (Wildman–Crippen MR) is 64.6 cm³/mol. The van der Waals surface area contributed by atoms with Crippen molar-refractivity contribution in [3.8, 4) is 17.2 Å². The van der Waals surface area contributed by atoms with Crippen LogP contribution >= 0.6 is 0 Å². The van der Waals surface area contributed by atoms with Gasteiger partial charge in [-0.2, -0.15) is 0 Å². The van der Waals surface area contributed by atoms with Crippen molar-refractivity contribution in [3.63, 3.8) is 0 Å². The Labute approximate surface area is 96.6 Å². The fourth-order valence-electron chi connectivity index (χ4n) is 1.55. The Morgan fingerprint density at radius 1 is 1.00 bits per heavy atom. The maximum Gasteiger partial charge on any atom is 0.164 e. The maximum absolute atomic E-state index is 5.31. The standard InChI is InChI=1S/C13H18O3/c1-5-6-7-10-8-12(15-3)13(16-4)9-11(10)14-2/h5,8-9H,1,6-7H2,2-4H3. The molecule has 0 aromatic heterocycles. The van der Waals surface area contributed by atoms with Crippen molar-refractivity contribution in [1.29, 1.82) is 0 Å². The average molecular weight is 222 g/mol. The summed E-state index contributed by atoms with van der Waals surface area (Å²) in [6.45, 7) is 3.71. The lowest BCUT2D eigenvalue weighted by molar-refractivity contribution is 0.347. The van der Waals surface area contributed by atoms with Crippen molar-refractivity contribution in [2.75, 3.05) is 21.3 Å². The Morgan fingerprint density at radius 2 is 1.56 bits per heavy atom. The Kier molecular flexibility index (Phi) is 4.70. The van der Waals surface area contributed by atoms with Crippen LogP contribution in [0.25, 0.3) is 0 Å². The van der Waals surface area contributed by atoms with E-state index in [0.29, 0.717) is 5.75 Å². The third-order valence-electron chi connectivity index (χ3n) is 2.40. The minimum atomic E-state index is 0.682. The van der Waals surface area contributed by atoms with Gasteiger partial charge in [-0.15, -0.1) is 6.58 Å². The van der Waals surface area contributed by atoms with Crippen molar-refractivity contribution >= 4 is 0 Å². The van der Waals surface area contributed by atoms with E-state index >= 15 is 0 Å². The first-order valence-corrected chi connectivity index (χ1v) is 5.16. The van der Waals surface area contributed by atoms with E-state index in [1.54, 1.807) is 21.3 Å². The summed E-state index contributed by atoms with van der Waals surface area (Å²) in [5, 5.41) is 0. The summed E-state index contributed by atoms with van der Waals surface area (Å²) < 4.78 is 15.8. The number of benzene rings is 1. The summed E-state index contributed by atoms with van der Waals surface area (Å²) >= 11 is 0. The lowest BCUT2D eigenvalue weighted by Gasteiger charge is -2.13. The monoisotopic (exact) mass is 222 g/mol. The molecule has 0 heterocycles. The molecule has 1 aromatic carbocycles. The first-order chi connectivity index (χ1) is 7.76. The molecule has 0 atom stereocenters. The summed E-state index contributed by atoms with van der Waals surface area (Å²) in [5.41, 5.74) is 1.10. The van der Waals surface area contributed by atoms with E-state index < -0.39 is 0 Å². The van der Waals surface area contributed by atoms with Gasteiger partial charge in [-0.3, -0.25) is 0 Å². The molecule has 88 valence electrons. The number of rotatable bonds is 6. The summed E-state index contributed by atoms with van der Waals surface area (Å²) in [6.07, 6.45) is 3.68. The van der Waals surface area contributed by atoms with Gasteiger partial charge in [0.15, 0.2) is 11.5 Å². The first kappa shape index (κ1) is 12.4. The highest BCUT2D eigenvalue weighted by Crippen LogP contribution is 2.35. The number of aryl methyl sites for hydroxylation is 1. The minimum absolute atomic E-state index is 0.682. The van der Waals surface area contributed by atoms with E-state index in [1.165, 1.54) is 0 Å². The molecule has 0 aliphatic heterocycles. The maximum atomic E-state index is 5.31. The highest BCUT2D eigenvalue weighted by atomic mass is 16.5. The second kappa shape index (κ2) is 6.05. The van der Waals surface area contributed by atoms with Crippen LogP contribution in [-0.2, 0) is 6.42 Å². The highest BCUT2D eigenvalue weighted by molar-refractivity contribution is 5.50. The van der Waals surface area contributed by atoms with Crippen LogP contribution < -0.4 is 14.2 Å². The van der Waals surface area contributed by atoms with Gasteiger partial charge in [-0.1, -0.05) is 6.08 Å². The van der Waals surface area contributed by atoms with Crippen LogP contribution in [0.5, 0.6) is 17.2 Å². The molecule has 1 aromatic rings. The van der Waals surface area contributed by atoms with Gasteiger partial charge in [0.1, 0.15) is 5.75 Å². The molecule has 16 heavy (non-hydrogen) atoms. The largest absolute Gasteiger partial charge is 0.496 e. The molecule has 0 bridgehead atoms. The van der Waals surface area contributed by atoms with E-state index in [-0.39, 0.29) is 0 Å². The third kappa shape index (κ3) is 2.69. The van der Waals surface area contributed by atoms with E-state index in [2.05, 4.69) is 6.58 Å². The van der Waals surface area contributed by atoms with Crippen LogP contribution in [0.2, 0.25) is 0 Å². The number of hydrogen-bond acceptors (Lipinski definition) is 3. The molecule has 0 amide bonds. The molecule has 0 fully saturated rings. The first-order valence-electron chi connectivity index (χ1n) is 5.16. The summed E-state index contributed by atoms with van der Waals surface area (Å²) in [4.78, 5) is 0. The van der Waals surface area contributed by atoms with Gasteiger partial charge in [0.2, 0.25) is 0 Å². The minimum Gasteiger partial charge on any atom is -0.496 e. The second-order valence-electron chi connectivity index (χ2n) is 3.35. The molecule has 0 saturated heterocycles. The van der Waals surface area contributed by atoms with Gasteiger partial charge in [0.25, 0.3) is 0 Å². The van der Waals surface area contributed by atoms with Gasteiger partial charge in [-0.25, -0.2) is 0 Å². The van der Waals surface area contributed by atoms with Gasteiger partial charge in [0.05, 0.1) is 21.3 Å². The molecule has 1 rings (SSSR count). The number of hydrogen-bond donors (Lipinski definition) is 0. The normalized spacial score (nSPS) is 9.69. The van der Waals surface area contributed by atoms with E-state index in [9.17, 15) is 0 Å². The molecule has 3 nitrogen and oxygen atoms in total. The lowest BCUT2D eigenvalue weighted by atomic mass is 10.1. The molecule has 0 N–H and O–H groups in total. The predicted octanol–water partition coefficient (Wildman–Crippen LogP) is 2.83. The van der Waals surface area contributed by atoms with Gasteiger partial charge in [-0.05, 0) is 24.5 Å². The van der Waals surface area contributed by atoms with Crippen molar-refractivity contribution in [3.05, 3.63) is 30.4 Å². The van der Waals surface area contributed by atoms with E-state index in [4.69, 9.17) is 14.2 Å². The van der Waals surface area contributed by atoms with Crippen LogP contribution in [0.4, 0.5) is 0 Å². The van der Waals surface area contributed by atoms with Crippen molar-refractivity contribution in [2.45, 2.75) is 12.8 Å². The van der Waals surface area contributed by atoms with Crippen molar-refractivity contribution < 1.29 is 14.2 Å². The van der Waals surface area contributed by atoms with Crippen LogP contribution in [0.3, 0.4) is 0 Å². The SMILES string of the molecule is C=CCCc1cc(OC)c(OC)cc1OC. The molecule has 0 radical (unpaired) electrons. The van der Waals surface area contributed by atoms with Crippen molar-refractivity contribution in [1.82, 2.24) is 0 Å². The van der Waals surface area contributed by atoms with Gasteiger partial charge in [0, 0.05) is 6.07 Å². The third-order valence-corrected chi connectivity index (χ3v) is 2.40. The molecule has 0 saturated carbocycles. The highest BCUT2D eigenvalue weighted by Gasteiger charge is 2.10. The van der Waals surface area contributed by atoms with Gasteiger partial charge >= 0.3 is 0 Å². The molecule has 3 heteroatoms. The quantitative estimate of drug-likeness (QED) is 0.693. The Morgan fingerprint density at radius 3 is 2.06 bits per heavy atom. The van der Waals surface area contributed by atoms with Crippen LogP contribution in [-0.4, -0.2) is 21.3 Å². The number of methoxy groups -OCH3 is 3. The van der Waals surface area contributed by atoms with Crippen molar-refractivity contribution in [2.24, 2.45) is 0 Å². The average Bonchev–Trinajstić information content (AvgIpc) is 2.35. The Hall–Kier alpha value is -1.64. The van der Waals surface area contributed by atoms with Gasteiger partial charge < -0.3 is 14.2 Å². The Balaban J connectivity index is 3.09. The smallest absolute Gasteiger partial charge is 0.164 e. The zero-order chi connectivity index (χ0) is 12.0. The molecule has 0 aliphatic carbocycles. The molecule has 0 spiro atoms. The van der Waals surface area contributed by atoms with E-state index in [0.717, 1.165) is 29.9 Å². The Bertz CT molecular complexity index is 358. The summed E-state index contributed by atoms with van der Waals surface area (Å²) in [7, 11) is 4.89.